The number of rotatable bonds is 0. The second-order valence-corrected chi connectivity index (χ2v) is 6.77. The van der Waals surface area contributed by atoms with Crippen LogP contribution in [-0.2, 0) is 14.1 Å². The minimum Gasteiger partial charge on any atom is -0.456 e. The normalized spacial score (nSPS) is 11.0. The molecule has 0 saturated carbocycles. The molecule has 2 aromatic carbocycles. The molecule has 0 amide bonds. The number of hydrogen-bond acceptors (Lipinski definition) is 5. The fraction of sp³-hybridized carbons (Fsp3) is 0.143. The molecule has 0 unspecified atom stereocenters. The van der Waals surface area contributed by atoms with Crippen molar-refractivity contribution in [3.8, 4) is 0 Å². The topological polar surface area (TPSA) is 103 Å². The van der Waals surface area contributed by atoms with Crippen LogP contribution in [0.2, 0.25) is 0 Å². The summed E-state index contributed by atoms with van der Waals surface area (Å²) in [6, 6.07) is 13.0. The fourth-order valence-electron chi connectivity index (χ4n) is 3.18. The summed E-state index contributed by atoms with van der Waals surface area (Å²) in [5, 5.41) is 1.29. The van der Waals surface area contributed by atoms with Crippen LogP contribution in [0.15, 0.2) is 67.6 Å². The van der Waals surface area contributed by atoms with Crippen molar-refractivity contribution in [3.05, 3.63) is 85.4 Å². The lowest BCUT2D eigenvalue weighted by molar-refractivity contribution is 0.660. The fourth-order valence-corrected chi connectivity index (χ4v) is 3.18. The molecule has 8 nitrogen and oxygen atoms in total. The number of H-pyrrole nitrogens is 1. The van der Waals surface area contributed by atoms with Crippen molar-refractivity contribution in [1.29, 1.82) is 0 Å². The van der Waals surface area contributed by atoms with E-state index >= 15 is 0 Å². The van der Waals surface area contributed by atoms with Gasteiger partial charge in [-0.15, -0.1) is 0 Å². The summed E-state index contributed by atoms with van der Waals surface area (Å²) >= 11 is 0. The van der Waals surface area contributed by atoms with Crippen LogP contribution in [-0.4, -0.2) is 19.1 Å². The van der Waals surface area contributed by atoms with Crippen molar-refractivity contribution in [1.82, 2.24) is 19.1 Å². The number of nitrogens with one attached hydrogen (secondary N) is 1. The van der Waals surface area contributed by atoms with E-state index in [9.17, 15) is 14.4 Å². The zero-order valence-corrected chi connectivity index (χ0v) is 16.1. The number of aromatic nitrogens is 4. The molecule has 3 aromatic heterocycles. The van der Waals surface area contributed by atoms with Crippen molar-refractivity contribution in [3.63, 3.8) is 0 Å². The van der Waals surface area contributed by atoms with E-state index in [-0.39, 0.29) is 5.43 Å². The van der Waals surface area contributed by atoms with Gasteiger partial charge in [0.25, 0.3) is 5.56 Å². The predicted octanol–water partition coefficient (Wildman–Crippen LogP) is 2.21. The molecule has 0 aliphatic rings. The van der Waals surface area contributed by atoms with Crippen LogP contribution in [0.5, 0.6) is 0 Å². The van der Waals surface area contributed by atoms with Gasteiger partial charge in [-0.25, -0.2) is 9.78 Å². The lowest BCUT2D eigenvalue weighted by Gasteiger charge is -2.01. The molecule has 3 heterocycles. The van der Waals surface area contributed by atoms with Gasteiger partial charge in [0, 0.05) is 14.1 Å². The van der Waals surface area contributed by atoms with Gasteiger partial charge in [-0.3, -0.25) is 19.1 Å². The maximum atomic E-state index is 12.2. The second kappa shape index (κ2) is 6.90. The van der Waals surface area contributed by atoms with E-state index in [2.05, 4.69) is 9.97 Å². The third-order valence-corrected chi connectivity index (χ3v) is 4.71. The molecular formula is C21H18N4O4. The Morgan fingerprint density at radius 3 is 2.48 bits per heavy atom. The van der Waals surface area contributed by atoms with Crippen molar-refractivity contribution in [2.75, 3.05) is 0 Å². The van der Waals surface area contributed by atoms with Crippen molar-refractivity contribution >= 4 is 33.1 Å². The number of nitrogens with zero attached hydrogens (tertiary/aromatic N) is 3. The standard InChI is InChI=1S/C14H10O2.C7H8N4O2/c1-9-6-7-13-11(8-9)14(15)10-4-2-3-5-12(10)16-13;1-10-3-8-5-4(10)6(12)9-7(13)11(5)2/h2-8H,1H3;3H,1-2H3,(H,9,12,13). The summed E-state index contributed by atoms with van der Waals surface area (Å²) in [5.41, 5.74) is 2.35. The molecule has 8 heteroatoms. The Balaban J connectivity index is 0.000000145. The minimum absolute atomic E-state index is 0.0422. The van der Waals surface area contributed by atoms with Crippen LogP contribution in [0.25, 0.3) is 33.1 Å². The van der Waals surface area contributed by atoms with Crippen molar-refractivity contribution in [2.24, 2.45) is 14.1 Å². The van der Waals surface area contributed by atoms with Gasteiger partial charge in [0.2, 0.25) is 5.43 Å². The lowest BCUT2D eigenvalue weighted by atomic mass is 10.1. The first-order valence-corrected chi connectivity index (χ1v) is 8.89. The molecule has 0 radical (unpaired) electrons. The summed E-state index contributed by atoms with van der Waals surface area (Å²) in [7, 11) is 3.27. The van der Waals surface area contributed by atoms with Gasteiger partial charge in [0.15, 0.2) is 11.2 Å². The average Bonchev–Trinajstić information content (AvgIpc) is 3.10. The van der Waals surface area contributed by atoms with Crippen LogP contribution in [0.1, 0.15) is 5.56 Å². The van der Waals surface area contributed by atoms with E-state index in [1.165, 1.54) is 10.9 Å². The molecule has 5 rings (SSSR count). The molecule has 29 heavy (non-hydrogen) atoms. The maximum absolute atomic E-state index is 12.2. The van der Waals surface area contributed by atoms with E-state index in [1.807, 2.05) is 43.3 Å². The number of hydrogen-bond donors (Lipinski definition) is 1. The van der Waals surface area contributed by atoms with Gasteiger partial charge >= 0.3 is 5.69 Å². The van der Waals surface area contributed by atoms with Gasteiger partial charge in [-0.1, -0.05) is 23.8 Å². The molecule has 0 fully saturated rings. The van der Waals surface area contributed by atoms with Crippen LogP contribution in [0, 0.1) is 6.92 Å². The Morgan fingerprint density at radius 1 is 0.966 bits per heavy atom. The molecule has 0 saturated heterocycles. The molecule has 0 bridgehead atoms. The highest BCUT2D eigenvalue weighted by Crippen LogP contribution is 2.18. The highest BCUT2D eigenvalue weighted by molar-refractivity contribution is 5.89. The first-order valence-electron chi connectivity index (χ1n) is 8.89. The summed E-state index contributed by atoms with van der Waals surface area (Å²) < 4.78 is 8.56. The van der Waals surface area contributed by atoms with Gasteiger partial charge < -0.3 is 8.98 Å². The number of aryl methyl sites for hydroxylation is 3. The highest BCUT2D eigenvalue weighted by atomic mass is 16.3. The Kier molecular flexibility index (Phi) is 4.38. The molecule has 5 aromatic rings. The smallest absolute Gasteiger partial charge is 0.329 e. The van der Waals surface area contributed by atoms with Gasteiger partial charge in [-0.2, -0.15) is 0 Å². The molecular weight excluding hydrogens is 372 g/mol. The van der Waals surface area contributed by atoms with E-state index in [0.29, 0.717) is 33.1 Å². The quantitative estimate of drug-likeness (QED) is 0.409. The molecule has 0 spiro atoms. The Labute approximate surface area is 163 Å². The largest absolute Gasteiger partial charge is 0.456 e. The van der Waals surface area contributed by atoms with E-state index in [0.717, 1.165) is 5.56 Å². The highest BCUT2D eigenvalue weighted by Gasteiger charge is 2.08. The third-order valence-electron chi connectivity index (χ3n) is 4.71. The molecule has 1 N–H and O–H groups in total. The van der Waals surface area contributed by atoms with Crippen LogP contribution in [0.4, 0.5) is 0 Å². The average molecular weight is 390 g/mol. The van der Waals surface area contributed by atoms with Gasteiger partial charge in [-0.05, 0) is 31.2 Å². The Hall–Kier alpha value is -3.94. The number of imidazole rings is 1. The van der Waals surface area contributed by atoms with Crippen molar-refractivity contribution < 1.29 is 4.42 Å². The number of benzene rings is 2. The third kappa shape index (κ3) is 3.14. The summed E-state index contributed by atoms with van der Waals surface area (Å²) in [6.45, 7) is 1.97. The lowest BCUT2D eigenvalue weighted by Crippen LogP contribution is -2.28. The Morgan fingerprint density at radius 2 is 1.69 bits per heavy atom. The summed E-state index contributed by atoms with van der Waals surface area (Å²) in [4.78, 5) is 40.8. The monoisotopic (exact) mass is 390 g/mol. The van der Waals surface area contributed by atoms with Crippen LogP contribution < -0.4 is 16.7 Å². The van der Waals surface area contributed by atoms with Gasteiger partial charge in [0.05, 0.1) is 17.1 Å². The summed E-state index contributed by atoms with van der Waals surface area (Å²) in [5.74, 6) is 0. The molecule has 0 aliphatic carbocycles. The van der Waals surface area contributed by atoms with Crippen LogP contribution in [0.3, 0.4) is 0 Å². The van der Waals surface area contributed by atoms with E-state index < -0.39 is 11.2 Å². The van der Waals surface area contributed by atoms with Gasteiger partial charge in [0.1, 0.15) is 11.2 Å². The number of para-hydroxylation sites is 1. The number of fused-ring (bicyclic) bond motifs is 3. The Bertz CT molecular complexity index is 1550. The zero-order valence-electron chi connectivity index (χ0n) is 16.1. The van der Waals surface area contributed by atoms with Crippen LogP contribution >= 0.6 is 0 Å². The SMILES string of the molecule is Cc1ccc2oc3ccccc3c(=O)c2c1.Cn1cnc2c1c(=O)[nH]c(=O)n2C. The molecule has 0 atom stereocenters. The zero-order chi connectivity index (χ0) is 20.7. The summed E-state index contributed by atoms with van der Waals surface area (Å²) in [6.07, 6.45) is 1.50. The first-order chi connectivity index (χ1) is 13.9. The molecule has 146 valence electrons. The first kappa shape index (κ1) is 18.4. The predicted molar refractivity (Wildman–Crippen MR) is 111 cm³/mol. The number of aromatic amines is 1. The molecule has 0 aliphatic heterocycles. The second-order valence-electron chi connectivity index (χ2n) is 6.77. The van der Waals surface area contributed by atoms with Crippen molar-refractivity contribution in [2.45, 2.75) is 6.92 Å². The van der Waals surface area contributed by atoms with E-state index in [1.54, 1.807) is 24.7 Å². The van der Waals surface area contributed by atoms with E-state index in [4.69, 9.17) is 4.42 Å². The maximum Gasteiger partial charge on any atom is 0.329 e. The minimum atomic E-state index is -0.448.